The van der Waals surface area contributed by atoms with E-state index in [4.69, 9.17) is 9.15 Å². The van der Waals surface area contributed by atoms with Gasteiger partial charge in [-0.15, -0.1) is 13.2 Å². The molecule has 9 aromatic carbocycles. The van der Waals surface area contributed by atoms with E-state index in [1.807, 2.05) is 38.1 Å². The monoisotopic (exact) mass is 985 g/mol. The van der Waals surface area contributed by atoms with Crippen LogP contribution in [0.5, 0.6) is 5.75 Å². The van der Waals surface area contributed by atoms with E-state index >= 15 is 0 Å². The van der Waals surface area contributed by atoms with Crippen LogP contribution in [0.3, 0.4) is 0 Å². The molecule has 74 heavy (non-hydrogen) atoms. The number of anilines is 6. The largest absolute Gasteiger partial charge is 0.494 e. The number of allylic oxidation sites excluding steroid dienone is 4. The standard InChI is InChI=1S/C64H60F2N2O2.C2H6.C2H4/c1-8-16-41(4)42(5)17-11-12-18-45-19-13-23-57(61(45)69-7)67(48-33-29-46(65)30-34-48)55-39-27-43-26-38-53-56(40-28-44-25-37-52(55)59(43)60(44)53)68(49-35-31-47(66)32-36-49)58-24-15-21-51-50-20-14-22-54(62(50)70-63(51)58)64(6,9-2)10-3;2*1-2/h11-15,17,19-41H,8-10,16,18H2,1-7H3;1-2H3;1-2H2/b12-11-,42-17+;;. The molecule has 0 aliphatic heterocycles. The van der Waals surface area contributed by atoms with Crippen LogP contribution in [0.4, 0.5) is 42.9 Å². The fourth-order valence-electron chi connectivity index (χ4n) is 10.6. The summed E-state index contributed by atoms with van der Waals surface area (Å²) in [5.41, 5.74) is 10.4. The molecule has 10 aromatic rings. The van der Waals surface area contributed by atoms with Crippen molar-refractivity contribution < 1.29 is 17.9 Å². The number of para-hydroxylation sites is 3. The van der Waals surface area contributed by atoms with E-state index in [2.05, 4.69) is 186 Å². The highest BCUT2D eigenvalue weighted by Gasteiger charge is 2.29. The van der Waals surface area contributed by atoms with E-state index in [0.29, 0.717) is 12.3 Å². The molecule has 0 fully saturated rings. The minimum absolute atomic E-state index is 0.0595. The van der Waals surface area contributed by atoms with Gasteiger partial charge in [0, 0.05) is 44.0 Å². The van der Waals surface area contributed by atoms with Crippen LogP contribution >= 0.6 is 0 Å². The molecule has 0 saturated heterocycles. The lowest BCUT2D eigenvalue weighted by Crippen LogP contribution is -2.19. The Hall–Kier alpha value is -7.70. The molecular formula is C68H70F2N2O2. The average Bonchev–Trinajstić information content (AvgIpc) is 3.85. The molecular weight excluding hydrogens is 915 g/mol. The Morgan fingerprint density at radius 2 is 1.12 bits per heavy atom. The quantitative estimate of drug-likeness (QED) is 0.0548. The summed E-state index contributed by atoms with van der Waals surface area (Å²) in [6.07, 6.45) is 11.5. The number of benzene rings is 9. The summed E-state index contributed by atoms with van der Waals surface area (Å²) < 4.78 is 42.9. The van der Waals surface area contributed by atoms with Crippen molar-refractivity contribution in [3.05, 3.63) is 211 Å². The summed E-state index contributed by atoms with van der Waals surface area (Å²) in [4.78, 5) is 4.41. The van der Waals surface area contributed by atoms with Gasteiger partial charge in [0.2, 0.25) is 0 Å². The SMILES string of the molecule is C=C.CC.CCCC(C)/C(C)=C/C=C\Cc1cccc(N(c2ccc(F)cc2)c2ccc3ccc4c(N(c5ccc(F)cc5)c5cccc6c5oc5c(C(C)(CC)CC)cccc56)ccc5ccc2c3c54)c1OC. The van der Waals surface area contributed by atoms with Crippen LogP contribution in [0.2, 0.25) is 0 Å². The molecule has 1 aromatic heterocycles. The molecule has 0 bridgehead atoms. The Balaban J connectivity index is 0.00000178. The summed E-state index contributed by atoms with van der Waals surface area (Å²) in [5.74, 6) is 0.677. The Kier molecular flexibility index (Phi) is 16.4. The molecule has 6 heteroatoms. The van der Waals surface area contributed by atoms with E-state index in [0.717, 1.165) is 119 Å². The highest BCUT2D eigenvalue weighted by Crippen LogP contribution is 2.51. The zero-order chi connectivity index (χ0) is 52.7. The number of methoxy groups -OCH3 is 1. The van der Waals surface area contributed by atoms with Gasteiger partial charge in [-0.2, -0.15) is 0 Å². The van der Waals surface area contributed by atoms with Gasteiger partial charge in [0.25, 0.3) is 0 Å². The number of hydrogen-bond donors (Lipinski definition) is 0. The molecule has 378 valence electrons. The first-order valence-corrected chi connectivity index (χ1v) is 26.3. The summed E-state index contributed by atoms with van der Waals surface area (Å²) in [6, 6.07) is 50.0. The van der Waals surface area contributed by atoms with Gasteiger partial charge in [0.1, 0.15) is 23.0 Å². The van der Waals surface area contributed by atoms with Gasteiger partial charge in [-0.1, -0.05) is 158 Å². The number of fused-ring (bicyclic) bond motifs is 3. The summed E-state index contributed by atoms with van der Waals surface area (Å²) in [7, 11) is 1.72. The molecule has 10 rings (SSSR count). The third-order valence-corrected chi connectivity index (χ3v) is 15.1. The Bertz CT molecular complexity index is 3580. The van der Waals surface area contributed by atoms with Crippen LogP contribution in [0.1, 0.15) is 92.2 Å². The maximum absolute atomic E-state index is 14.8. The van der Waals surface area contributed by atoms with Crippen LogP contribution in [0, 0.1) is 17.6 Å². The van der Waals surface area contributed by atoms with Crippen LogP contribution in [0.15, 0.2) is 193 Å². The number of ether oxygens (including phenoxy) is 1. The number of halogens is 2. The van der Waals surface area contributed by atoms with Crippen molar-refractivity contribution in [2.45, 2.75) is 92.9 Å². The van der Waals surface area contributed by atoms with Crippen molar-refractivity contribution in [1.82, 2.24) is 0 Å². The zero-order valence-corrected chi connectivity index (χ0v) is 44.7. The first kappa shape index (κ1) is 52.6. The fourth-order valence-corrected chi connectivity index (χ4v) is 10.6. The van der Waals surface area contributed by atoms with Gasteiger partial charge in [0.05, 0.1) is 29.9 Å². The zero-order valence-electron chi connectivity index (χ0n) is 44.7. The molecule has 1 unspecified atom stereocenters. The second-order valence-corrected chi connectivity index (χ2v) is 19.1. The number of hydrogen-bond acceptors (Lipinski definition) is 4. The lowest BCUT2D eigenvalue weighted by molar-refractivity contribution is 0.412. The van der Waals surface area contributed by atoms with Crippen LogP contribution in [-0.4, -0.2) is 7.11 Å². The van der Waals surface area contributed by atoms with Crippen LogP contribution in [-0.2, 0) is 11.8 Å². The highest BCUT2D eigenvalue weighted by atomic mass is 19.1. The molecule has 0 aliphatic carbocycles. The van der Waals surface area contributed by atoms with E-state index in [1.165, 1.54) is 41.8 Å². The normalized spacial score (nSPS) is 12.3. The minimum Gasteiger partial charge on any atom is -0.494 e. The third-order valence-electron chi connectivity index (χ3n) is 15.1. The van der Waals surface area contributed by atoms with Gasteiger partial charge in [0.15, 0.2) is 5.58 Å². The maximum Gasteiger partial charge on any atom is 0.159 e. The lowest BCUT2D eigenvalue weighted by Gasteiger charge is -2.30. The Labute approximate surface area is 437 Å². The van der Waals surface area contributed by atoms with E-state index in [1.54, 1.807) is 7.11 Å². The summed E-state index contributed by atoms with van der Waals surface area (Å²) >= 11 is 0. The predicted molar refractivity (Wildman–Crippen MR) is 314 cm³/mol. The summed E-state index contributed by atoms with van der Waals surface area (Å²) in [5, 5.41) is 8.54. The van der Waals surface area contributed by atoms with Gasteiger partial charge in [-0.05, 0) is 138 Å². The third kappa shape index (κ3) is 9.78. The summed E-state index contributed by atoms with van der Waals surface area (Å²) in [6.45, 7) is 23.5. The second kappa shape index (κ2) is 23.0. The maximum atomic E-state index is 14.8. The van der Waals surface area contributed by atoms with Crippen molar-refractivity contribution in [2.75, 3.05) is 16.9 Å². The Morgan fingerprint density at radius 3 is 1.66 bits per heavy atom. The van der Waals surface area contributed by atoms with Gasteiger partial charge in [-0.3, -0.25) is 0 Å². The Morgan fingerprint density at radius 1 is 0.622 bits per heavy atom. The van der Waals surface area contributed by atoms with Crippen molar-refractivity contribution in [3.8, 4) is 5.75 Å². The molecule has 0 N–H and O–H groups in total. The molecule has 0 spiro atoms. The first-order chi connectivity index (χ1) is 36.1. The molecule has 4 nitrogen and oxygen atoms in total. The van der Waals surface area contributed by atoms with Crippen molar-refractivity contribution >= 4 is 88.4 Å². The molecule has 0 amide bonds. The van der Waals surface area contributed by atoms with Crippen molar-refractivity contribution in [3.63, 3.8) is 0 Å². The smallest absolute Gasteiger partial charge is 0.159 e. The number of furan rings is 1. The highest BCUT2D eigenvalue weighted by molar-refractivity contribution is 6.28. The van der Waals surface area contributed by atoms with Gasteiger partial charge < -0.3 is 19.0 Å². The van der Waals surface area contributed by atoms with Crippen molar-refractivity contribution in [2.24, 2.45) is 5.92 Å². The van der Waals surface area contributed by atoms with Gasteiger partial charge in [-0.25, -0.2) is 8.78 Å². The van der Waals surface area contributed by atoms with Gasteiger partial charge >= 0.3 is 0 Å². The fraction of sp³-hybridized carbons (Fsp3) is 0.235. The average molecular weight is 985 g/mol. The van der Waals surface area contributed by atoms with Crippen molar-refractivity contribution in [1.29, 1.82) is 0 Å². The second-order valence-electron chi connectivity index (χ2n) is 19.1. The van der Waals surface area contributed by atoms with E-state index < -0.39 is 0 Å². The molecule has 0 aliphatic rings. The van der Waals surface area contributed by atoms with Crippen LogP contribution < -0.4 is 14.5 Å². The molecule has 1 atom stereocenters. The topological polar surface area (TPSA) is 28.9 Å². The van der Waals surface area contributed by atoms with Crippen LogP contribution in [0.25, 0.3) is 54.3 Å². The molecule has 0 saturated carbocycles. The predicted octanol–water partition coefficient (Wildman–Crippen LogP) is 21.1. The number of rotatable bonds is 16. The number of nitrogens with zero attached hydrogens (tertiary/aromatic N) is 2. The first-order valence-electron chi connectivity index (χ1n) is 26.3. The van der Waals surface area contributed by atoms with E-state index in [9.17, 15) is 8.78 Å². The molecule has 0 radical (unpaired) electrons. The molecule has 1 heterocycles. The minimum atomic E-state index is -0.307. The lowest BCUT2D eigenvalue weighted by atomic mass is 9.77. The van der Waals surface area contributed by atoms with E-state index in [-0.39, 0.29) is 17.0 Å².